The Balaban J connectivity index is 0.000000241. The molecule has 0 bridgehead atoms. The maximum atomic E-state index is 10.8. The average molecular weight is 463 g/mol. The van der Waals surface area contributed by atoms with Crippen LogP contribution in [0.1, 0.15) is 13.3 Å². The maximum absolute atomic E-state index is 10.8. The van der Waals surface area contributed by atoms with Crippen molar-refractivity contribution in [3.8, 4) is 11.5 Å². The second kappa shape index (κ2) is 16.1. The SMILES string of the molecule is CNC(=O)/C(SN)=C(\C)N.O=C1CSCCCN1.c1ccc(Oc2ccccc2)cc1. The van der Waals surface area contributed by atoms with E-state index in [1.165, 1.54) is 7.05 Å². The Bertz CT molecular complexity index is 767. The highest BCUT2D eigenvalue weighted by atomic mass is 32.2. The van der Waals surface area contributed by atoms with E-state index in [2.05, 4.69) is 10.6 Å². The van der Waals surface area contributed by atoms with Crippen molar-refractivity contribution in [2.24, 2.45) is 10.9 Å². The first kappa shape index (κ1) is 26.4. The second-order valence-corrected chi connectivity index (χ2v) is 7.94. The van der Waals surface area contributed by atoms with Crippen LogP contribution in [0.25, 0.3) is 0 Å². The van der Waals surface area contributed by atoms with Crippen molar-refractivity contribution in [3.05, 3.63) is 71.3 Å². The molecule has 1 heterocycles. The van der Waals surface area contributed by atoms with Gasteiger partial charge in [0, 0.05) is 19.3 Å². The van der Waals surface area contributed by atoms with Crippen molar-refractivity contribution in [3.63, 3.8) is 0 Å². The van der Waals surface area contributed by atoms with Gasteiger partial charge in [0.2, 0.25) is 5.91 Å². The molecule has 3 rings (SSSR count). The van der Waals surface area contributed by atoms with Gasteiger partial charge in [0.25, 0.3) is 5.91 Å². The summed E-state index contributed by atoms with van der Waals surface area (Å²) < 4.78 is 5.58. The van der Waals surface area contributed by atoms with Gasteiger partial charge in [-0.15, -0.1) is 0 Å². The van der Waals surface area contributed by atoms with Crippen LogP contribution in [0.15, 0.2) is 71.3 Å². The third-order valence-electron chi connectivity index (χ3n) is 3.65. The first-order chi connectivity index (χ1) is 15.0. The van der Waals surface area contributed by atoms with Gasteiger partial charge < -0.3 is 21.1 Å². The van der Waals surface area contributed by atoms with E-state index in [-0.39, 0.29) is 11.8 Å². The van der Waals surface area contributed by atoms with Gasteiger partial charge in [-0.25, -0.2) is 0 Å². The van der Waals surface area contributed by atoms with Crippen molar-refractivity contribution in [1.82, 2.24) is 10.6 Å². The minimum Gasteiger partial charge on any atom is -0.457 e. The minimum atomic E-state index is -0.243. The lowest BCUT2D eigenvalue weighted by atomic mass is 10.3. The van der Waals surface area contributed by atoms with E-state index in [4.69, 9.17) is 15.6 Å². The number of likely N-dealkylation sites (N-methyl/N-ethyl adjacent to an activating group) is 1. The van der Waals surface area contributed by atoms with Crippen LogP contribution in [-0.2, 0) is 9.59 Å². The molecule has 7 nitrogen and oxygen atoms in total. The van der Waals surface area contributed by atoms with Crippen LogP contribution in [0, 0.1) is 0 Å². The number of hydrogen-bond acceptors (Lipinski definition) is 7. The van der Waals surface area contributed by atoms with Crippen LogP contribution in [-0.4, -0.2) is 36.9 Å². The van der Waals surface area contributed by atoms with Gasteiger partial charge in [-0.3, -0.25) is 14.7 Å². The summed E-state index contributed by atoms with van der Waals surface area (Å²) in [5.41, 5.74) is 5.78. The van der Waals surface area contributed by atoms with Crippen molar-refractivity contribution in [2.45, 2.75) is 13.3 Å². The lowest BCUT2D eigenvalue weighted by Gasteiger charge is -2.03. The molecule has 2 amide bonds. The first-order valence-electron chi connectivity index (χ1n) is 9.65. The van der Waals surface area contributed by atoms with E-state index in [0.717, 1.165) is 42.2 Å². The number of thioether (sulfide) groups is 1. The normalized spacial score (nSPS) is 13.6. The highest BCUT2D eigenvalue weighted by molar-refractivity contribution is 8.01. The van der Waals surface area contributed by atoms with Gasteiger partial charge in [0.1, 0.15) is 16.4 Å². The van der Waals surface area contributed by atoms with Crippen LogP contribution in [0.3, 0.4) is 0 Å². The van der Waals surface area contributed by atoms with Crippen molar-refractivity contribution in [1.29, 1.82) is 0 Å². The second-order valence-electron chi connectivity index (χ2n) is 6.19. The van der Waals surface area contributed by atoms with Gasteiger partial charge in [0.05, 0.1) is 5.75 Å². The molecule has 6 N–H and O–H groups in total. The maximum Gasteiger partial charge on any atom is 0.260 e. The van der Waals surface area contributed by atoms with Crippen LogP contribution in [0.4, 0.5) is 0 Å². The summed E-state index contributed by atoms with van der Waals surface area (Å²) in [6.07, 6.45) is 1.12. The van der Waals surface area contributed by atoms with Crippen molar-refractivity contribution >= 4 is 35.5 Å². The number of carbonyl (C=O) groups excluding carboxylic acids is 2. The fraction of sp³-hybridized carbons (Fsp3) is 0.273. The Morgan fingerprint density at radius 3 is 2.06 bits per heavy atom. The summed E-state index contributed by atoms with van der Waals surface area (Å²) >= 11 is 2.57. The van der Waals surface area contributed by atoms with Crippen molar-refractivity contribution in [2.75, 3.05) is 25.1 Å². The predicted octanol–water partition coefficient (Wildman–Crippen LogP) is 3.25. The average Bonchev–Trinajstić information content (AvgIpc) is 3.03. The first-order valence-corrected chi connectivity index (χ1v) is 11.7. The number of para-hydroxylation sites is 2. The smallest absolute Gasteiger partial charge is 0.260 e. The van der Waals surface area contributed by atoms with Crippen molar-refractivity contribution < 1.29 is 14.3 Å². The lowest BCUT2D eigenvalue weighted by Crippen LogP contribution is -2.23. The standard InChI is InChI=1S/C12H10O.C5H11N3OS.C5H9NOS/c1-3-7-11(8-4-1)13-12-9-5-2-6-10-12;1-3(6)4(10-7)5(9)8-2;7-5-4-8-3-1-2-6-5/h1-10H;6-7H2,1-2H3,(H,8,9);1-4H2,(H,6,7)/b;4-3-;. The molecule has 0 unspecified atom stereocenters. The molecule has 31 heavy (non-hydrogen) atoms. The molecule has 1 aliphatic heterocycles. The zero-order chi connectivity index (χ0) is 22.9. The topological polar surface area (TPSA) is 119 Å². The van der Waals surface area contributed by atoms with Gasteiger partial charge in [0.15, 0.2) is 0 Å². The van der Waals surface area contributed by atoms with E-state index in [1.807, 2.05) is 60.7 Å². The molecule has 1 aliphatic rings. The molecule has 1 fully saturated rings. The fourth-order valence-electron chi connectivity index (χ4n) is 2.17. The third-order valence-corrected chi connectivity index (χ3v) is 5.44. The van der Waals surface area contributed by atoms with Crippen LogP contribution in [0.2, 0.25) is 0 Å². The molecule has 2 aromatic carbocycles. The van der Waals surface area contributed by atoms with Gasteiger partial charge in [-0.2, -0.15) is 11.8 Å². The molecule has 1 saturated heterocycles. The number of nitrogens with one attached hydrogen (secondary N) is 2. The number of carbonyl (C=O) groups is 2. The van der Waals surface area contributed by atoms with Gasteiger partial charge >= 0.3 is 0 Å². The Hall–Kier alpha value is -2.62. The Labute approximate surface area is 192 Å². The van der Waals surface area contributed by atoms with E-state index in [9.17, 15) is 9.59 Å². The van der Waals surface area contributed by atoms with Crippen LogP contribution >= 0.6 is 23.7 Å². The van der Waals surface area contributed by atoms with Gasteiger partial charge in [-0.05, 0) is 55.3 Å². The zero-order valence-corrected chi connectivity index (χ0v) is 19.4. The third kappa shape index (κ3) is 12.0. The summed E-state index contributed by atoms with van der Waals surface area (Å²) in [7, 11) is 1.53. The molecule has 9 heteroatoms. The minimum absolute atomic E-state index is 0.188. The number of amides is 2. The molecular weight excluding hydrogens is 432 g/mol. The van der Waals surface area contributed by atoms with E-state index >= 15 is 0 Å². The Morgan fingerprint density at radius 1 is 1.10 bits per heavy atom. The van der Waals surface area contributed by atoms with E-state index in [0.29, 0.717) is 16.4 Å². The molecular formula is C22H30N4O3S2. The zero-order valence-electron chi connectivity index (χ0n) is 17.8. The van der Waals surface area contributed by atoms with Gasteiger partial charge in [-0.1, -0.05) is 36.4 Å². The molecule has 0 atom stereocenters. The number of hydrogen-bond donors (Lipinski definition) is 4. The molecule has 0 aliphatic carbocycles. The number of allylic oxidation sites excluding steroid dienone is 1. The number of rotatable bonds is 4. The Kier molecular flexibility index (Phi) is 13.7. The predicted molar refractivity (Wildman–Crippen MR) is 131 cm³/mol. The van der Waals surface area contributed by atoms with E-state index in [1.54, 1.807) is 18.7 Å². The quantitative estimate of drug-likeness (QED) is 0.407. The molecule has 2 aromatic rings. The fourth-order valence-corrected chi connectivity index (χ4v) is 3.35. The van der Waals surface area contributed by atoms with Crippen LogP contribution in [0.5, 0.6) is 11.5 Å². The van der Waals surface area contributed by atoms with E-state index < -0.39 is 0 Å². The molecule has 168 valence electrons. The lowest BCUT2D eigenvalue weighted by molar-refractivity contribution is -0.118. The molecule has 0 saturated carbocycles. The molecule has 0 spiro atoms. The number of benzene rings is 2. The highest BCUT2D eigenvalue weighted by Crippen LogP contribution is 2.19. The largest absolute Gasteiger partial charge is 0.457 e. The monoisotopic (exact) mass is 462 g/mol. The summed E-state index contributed by atoms with van der Waals surface area (Å²) in [6.45, 7) is 2.50. The summed E-state index contributed by atoms with van der Waals surface area (Å²) in [5, 5.41) is 10.4. The van der Waals surface area contributed by atoms with Crippen LogP contribution < -0.4 is 26.2 Å². The summed E-state index contributed by atoms with van der Waals surface area (Å²) in [5.74, 6) is 3.46. The summed E-state index contributed by atoms with van der Waals surface area (Å²) in [4.78, 5) is 21.7. The molecule has 0 radical (unpaired) electrons. The number of nitrogens with two attached hydrogens (primary N) is 2. The molecule has 0 aromatic heterocycles. The number of ether oxygens (including phenoxy) is 1. The Morgan fingerprint density at radius 2 is 1.65 bits per heavy atom. The highest BCUT2D eigenvalue weighted by Gasteiger charge is 2.07. The summed E-state index contributed by atoms with van der Waals surface area (Å²) in [6, 6.07) is 19.5.